The molecule has 1 amide bonds. The minimum atomic E-state index is -0.188. The van der Waals surface area contributed by atoms with Crippen LogP contribution in [0.25, 0.3) is 5.70 Å². The van der Waals surface area contributed by atoms with Crippen molar-refractivity contribution in [3.05, 3.63) is 59.8 Å². The summed E-state index contributed by atoms with van der Waals surface area (Å²) in [5.41, 5.74) is 9.38. The molecule has 6 heteroatoms. The van der Waals surface area contributed by atoms with Crippen LogP contribution in [0.1, 0.15) is 25.8 Å². The van der Waals surface area contributed by atoms with Gasteiger partial charge in [-0.1, -0.05) is 31.2 Å². The summed E-state index contributed by atoms with van der Waals surface area (Å²) in [4.78, 5) is 15.4. The maximum absolute atomic E-state index is 11.1. The molecule has 1 unspecified atom stereocenters. The number of nitrogens with one attached hydrogen (secondary N) is 3. The van der Waals surface area contributed by atoms with Crippen LogP contribution in [0.5, 0.6) is 0 Å². The molecule has 1 atom stereocenters. The molecule has 1 aromatic rings. The number of amides is 1. The number of rotatable bonds is 7. The predicted molar refractivity (Wildman–Crippen MR) is 104 cm³/mol. The van der Waals surface area contributed by atoms with Crippen molar-refractivity contribution in [1.82, 2.24) is 10.6 Å². The fourth-order valence-corrected chi connectivity index (χ4v) is 2.21. The minimum absolute atomic E-state index is 0.0808. The maximum atomic E-state index is 11.1. The highest BCUT2D eigenvalue weighted by molar-refractivity contribution is 5.89. The van der Waals surface area contributed by atoms with E-state index < -0.39 is 0 Å². The molecule has 132 valence electrons. The van der Waals surface area contributed by atoms with Crippen molar-refractivity contribution in [2.24, 2.45) is 10.7 Å². The van der Waals surface area contributed by atoms with Crippen LogP contribution in [-0.2, 0) is 4.79 Å². The average molecular weight is 339 g/mol. The van der Waals surface area contributed by atoms with E-state index in [9.17, 15) is 4.79 Å². The van der Waals surface area contributed by atoms with E-state index in [1.807, 2.05) is 55.5 Å². The number of hydrogen-bond donors (Lipinski definition) is 4. The van der Waals surface area contributed by atoms with E-state index in [1.54, 1.807) is 6.21 Å². The number of nitrogens with two attached hydrogens (primary N) is 1. The molecule has 1 aliphatic heterocycles. The van der Waals surface area contributed by atoms with Crippen LogP contribution in [0.15, 0.2) is 59.3 Å². The molecule has 2 rings (SSSR count). The van der Waals surface area contributed by atoms with E-state index in [4.69, 9.17) is 5.73 Å². The number of nitrogens with zero attached hydrogens (tertiary/aromatic N) is 1. The fourth-order valence-electron chi connectivity index (χ4n) is 2.21. The van der Waals surface area contributed by atoms with Gasteiger partial charge in [0.15, 0.2) is 6.29 Å². The summed E-state index contributed by atoms with van der Waals surface area (Å²) in [7, 11) is 0. The Morgan fingerprint density at radius 2 is 2.12 bits per heavy atom. The molecule has 0 saturated carbocycles. The molecular formula is C19H25N5O. The Hall–Kier alpha value is -2.86. The predicted octanol–water partition coefficient (Wildman–Crippen LogP) is 2.34. The molecule has 0 aromatic heterocycles. The smallest absolute Gasteiger partial charge is 0.221 e. The number of aliphatic imine (C=N–C) groups is 1. The Balaban J connectivity index is 1.87. The van der Waals surface area contributed by atoms with E-state index >= 15 is 0 Å². The van der Waals surface area contributed by atoms with Crippen LogP contribution in [-0.4, -0.2) is 25.0 Å². The second kappa shape index (κ2) is 9.44. The van der Waals surface area contributed by atoms with Gasteiger partial charge < -0.3 is 16.4 Å². The van der Waals surface area contributed by atoms with Gasteiger partial charge >= 0.3 is 0 Å². The van der Waals surface area contributed by atoms with Crippen LogP contribution in [0.2, 0.25) is 0 Å². The largest absolute Gasteiger partial charge is 0.402 e. The first-order valence-corrected chi connectivity index (χ1v) is 8.31. The second-order valence-corrected chi connectivity index (χ2v) is 5.62. The van der Waals surface area contributed by atoms with Crippen LogP contribution in [0.3, 0.4) is 0 Å². The normalized spacial score (nSPS) is 17.3. The first-order chi connectivity index (χ1) is 12.1. The van der Waals surface area contributed by atoms with Crippen molar-refractivity contribution >= 4 is 23.5 Å². The third kappa shape index (κ3) is 6.27. The third-order valence-corrected chi connectivity index (χ3v) is 3.57. The molecule has 1 heterocycles. The van der Waals surface area contributed by atoms with Gasteiger partial charge in [-0.3, -0.25) is 15.1 Å². The number of anilines is 1. The topological polar surface area (TPSA) is 91.5 Å². The summed E-state index contributed by atoms with van der Waals surface area (Å²) in [5, 5.41) is 9.38. The summed E-state index contributed by atoms with van der Waals surface area (Å²) in [6, 6.07) is 7.67. The zero-order valence-corrected chi connectivity index (χ0v) is 14.6. The maximum Gasteiger partial charge on any atom is 0.221 e. The monoisotopic (exact) mass is 339 g/mol. The summed E-state index contributed by atoms with van der Waals surface area (Å²) >= 11 is 0. The Morgan fingerprint density at radius 1 is 1.36 bits per heavy atom. The van der Waals surface area contributed by atoms with Gasteiger partial charge in [0.25, 0.3) is 0 Å². The standard InChI is InChI=1S/C19H25N5O/c1-3-16(20)6-4-5-12-21-19-22-13-11-18(24-19)15-7-9-17(10-8-15)23-14(2)25/h4-11,13,19,21,24H,3,12,20H2,1-2H3,(H,23,25)/b5-4-,16-6+. The number of carbonyl (C=O) groups excluding carboxylic acids is 1. The highest BCUT2D eigenvalue weighted by atomic mass is 16.1. The van der Waals surface area contributed by atoms with Gasteiger partial charge in [-0.25, -0.2) is 0 Å². The zero-order chi connectivity index (χ0) is 18.1. The van der Waals surface area contributed by atoms with E-state index in [1.165, 1.54) is 6.92 Å². The molecule has 25 heavy (non-hydrogen) atoms. The molecule has 0 saturated heterocycles. The Morgan fingerprint density at radius 3 is 2.80 bits per heavy atom. The Labute approximate surface area is 148 Å². The summed E-state index contributed by atoms with van der Waals surface area (Å²) < 4.78 is 0. The molecule has 0 aliphatic carbocycles. The number of benzene rings is 1. The van der Waals surface area contributed by atoms with E-state index in [0.29, 0.717) is 6.54 Å². The van der Waals surface area contributed by atoms with E-state index in [2.05, 4.69) is 20.9 Å². The molecule has 6 nitrogen and oxygen atoms in total. The highest BCUT2D eigenvalue weighted by Crippen LogP contribution is 2.17. The lowest BCUT2D eigenvalue weighted by Gasteiger charge is -2.22. The number of carbonyl (C=O) groups is 1. The lowest BCUT2D eigenvalue weighted by atomic mass is 10.1. The van der Waals surface area contributed by atoms with Gasteiger partial charge in [0, 0.05) is 36.8 Å². The molecule has 0 spiro atoms. The van der Waals surface area contributed by atoms with Gasteiger partial charge in [-0.2, -0.15) is 0 Å². The van der Waals surface area contributed by atoms with Gasteiger partial charge in [-0.15, -0.1) is 0 Å². The first kappa shape index (κ1) is 18.5. The van der Waals surface area contributed by atoms with Crippen molar-refractivity contribution in [3.63, 3.8) is 0 Å². The molecule has 0 radical (unpaired) electrons. The SMILES string of the molecule is CC/C(N)=C\C=C/CNC1N=CC=C(c2ccc(NC(C)=O)cc2)N1. The average Bonchev–Trinajstić information content (AvgIpc) is 2.61. The number of allylic oxidation sites excluding steroid dienone is 4. The van der Waals surface area contributed by atoms with Crippen LogP contribution in [0.4, 0.5) is 5.69 Å². The van der Waals surface area contributed by atoms with Crippen LogP contribution >= 0.6 is 0 Å². The summed E-state index contributed by atoms with van der Waals surface area (Å²) in [6.45, 7) is 4.19. The van der Waals surface area contributed by atoms with Crippen molar-refractivity contribution in [3.8, 4) is 0 Å². The van der Waals surface area contributed by atoms with Gasteiger partial charge in [0.05, 0.1) is 0 Å². The summed E-state index contributed by atoms with van der Waals surface area (Å²) in [5.74, 6) is -0.0808. The van der Waals surface area contributed by atoms with Crippen molar-refractivity contribution in [1.29, 1.82) is 0 Å². The van der Waals surface area contributed by atoms with Gasteiger partial charge in [-0.05, 0) is 36.3 Å². The van der Waals surface area contributed by atoms with Crippen LogP contribution < -0.4 is 21.7 Å². The summed E-state index contributed by atoms with van der Waals surface area (Å²) in [6.07, 6.45) is 10.2. The molecule has 0 fully saturated rings. The lowest BCUT2D eigenvalue weighted by Crippen LogP contribution is -2.41. The number of hydrogen-bond acceptors (Lipinski definition) is 5. The fraction of sp³-hybridized carbons (Fsp3) is 0.263. The quantitative estimate of drug-likeness (QED) is 0.574. The van der Waals surface area contributed by atoms with Gasteiger partial charge in [0.1, 0.15) is 0 Å². The highest BCUT2D eigenvalue weighted by Gasteiger charge is 2.11. The molecule has 1 aromatic carbocycles. The third-order valence-electron chi connectivity index (χ3n) is 3.57. The van der Waals surface area contributed by atoms with Crippen molar-refractivity contribution < 1.29 is 4.79 Å². The molecule has 0 bridgehead atoms. The molecule has 1 aliphatic rings. The zero-order valence-electron chi connectivity index (χ0n) is 14.6. The lowest BCUT2D eigenvalue weighted by molar-refractivity contribution is -0.114. The Bertz CT molecular complexity index is 701. The van der Waals surface area contributed by atoms with Crippen molar-refractivity contribution in [2.45, 2.75) is 26.6 Å². The molecular weight excluding hydrogens is 314 g/mol. The Kier molecular flexibility index (Phi) is 6.98. The first-order valence-electron chi connectivity index (χ1n) is 8.31. The van der Waals surface area contributed by atoms with Crippen molar-refractivity contribution in [2.75, 3.05) is 11.9 Å². The van der Waals surface area contributed by atoms with E-state index in [-0.39, 0.29) is 12.2 Å². The van der Waals surface area contributed by atoms with Crippen LogP contribution in [0, 0.1) is 0 Å². The minimum Gasteiger partial charge on any atom is -0.402 e. The molecule has 5 N–H and O–H groups in total. The van der Waals surface area contributed by atoms with E-state index in [0.717, 1.165) is 29.1 Å². The second-order valence-electron chi connectivity index (χ2n) is 5.62. The van der Waals surface area contributed by atoms with Gasteiger partial charge in [0.2, 0.25) is 5.91 Å².